The van der Waals surface area contributed by atoms with Crippen molar-refractivity contribution in [2.45, 2.75) is 0 Å². The van der Waals surface area contributed by atoms with Crippen LogP contribution in [0.15, 0.2) is 12.1 Å². The third-order valence-electron chi connectivity index (χ3n) is 1.50. The summed E-state index contributed by atoms with van der Waals surface area (Å²) in [7, 11) is 1.22. The summed E-state index contributed by atoms with van der Waals surface area (Å²) in [6.07, 6.45) is 0. The molecular weight excluding hydrogens is 288 g/mol. The van der Waals surface area contributed by atoms with E-state index in [1.165, 1.54) is 13.2 Å². The van der Waals surface area contributed by atoms with Crippen LogP contribution in [0.5, 0.6) is 0 Å². The summed E-state index contributed by atoms with van der Waals surface area (Å²) in [6.45, 7) is 0. The Morgan fingerprint density at radius 2 is 2.23 bits per heavy atom. The maximum absolute atomic E-state index is 13.0. The van der Waals surface area contributed by atoms with Gasteiger partial charge in [0.05, 0.1) is 16.2 Å². The molecule has 0 saturated carbocycles. The number of nitrogens with two attached hydrogens (primary N) is 1. The third-order valence-corrected chi connectivity index (χ3v) is 2.32. The lowest BCUT2D eigenvalue weighted by atomic mass is 10.2. The minimum absolute atomic E-state index is 0.0559. The number of methoxy groups -OCH3 is 1. The molecule has 0 bridgehead atoms. The highest BCUT2D eigenvalue weighted by atomic mass is 127. The van der Waals surface area contributed by atoms with Crippen molar-refractivity contribution in [2.75, 3.05) is 12.8 Å². The van der Waals surface area contributed by atoms with Crippen LogP contribution >= 0.6 is 22.6 Å². The van der Waals surface area contributed by atoms with Gasteiger partial charge < -0.3 is 10.5 Å². The van der Waals surface area contributed by atoms with Crippen LogP contribution in [0.2, 0.25) is 0 Å². The Labute approximate surface area is 88.2 Å². The molecule has 0 fully saturated rings. The van der Waals surface area contributed by atoms with Crippen molar-refractivity contribution in [1.82, 2.24) is 0 Å². The molecule has 0 unspecified atom stereocenters. The molecule has 2 N–H and O–H groups in total. The number of benzene rings is 1. The second-order valence-electron chi connectivity index (χ2n) is 2.35. The highest BCUT2D eigenvalue weighted by Gasteiger charge is 2.12. The number of ether oxygens (including phenoxy) is 1. The van der Waals surface area contributed by atoms with Crippen LogP contribution in [-0.2, 0) is 4.74 Å². The Kier molecular flexibility index (Phi) is 3.07. The lowest BCUT2D eigenvalue weighted by Gasteiger charge is -2.04. The minimum Gasteiger partial charge on any atom is -0.465 e. The molecule has 0 spiro atoms. The Bertz CT molecular complexity index is 354. The number of rotatable bonds is 1. The van der Waals surface area contributed by atoms with E-state index in [0.29, 0.717) is 3.57 Å². The Morgan fingerprint density at radius 1 is 1.62 bits per heavy atom. The Balaban J connectivity index is 3.23. The van der Waals surface area contributed by atoms with Gasteiger partial charge in [-0.2, -0.15) is 0 Å². The molecule has 0 aliphatic rings. The number of hydrogen-bond acceptors (Lipinski definition) is 3. The fourth-order valence-corrected chi connectivity index (χ4v) is 1.34. The van der Waals surface area contributed by atoms with Gasteiger partial charge in [0, 0.05) is 5.69 Å². The molecule has 1 aromatic carbocycles. The summed E-state index contributed by atoms with van der Waals surface area (Å²) in [6, 6.07) is 2.46. The van der Waals surface area contributed by atoms with Crippen molar-refractivity contribution in [1.29, 1.82) is 0 Å². The van der Waals surface area contributed by atoms with Gasteiger partial charge in [-0.05, 0) is 34.7 Å². The largest absolute Gasteiger partial charge is 0.465 e. The lowest BCUT2D eigenvalue weighted by Crippen LogP contribution is -2.06. The number of halogens is 2. The average Bonchev–Trinajstić information content (AvgIpc) is 2.10. The molecule has 1 rings (SSSR count). The zero-order valence-corrected chi connectivity index (χ0v) is 8.96. The van der Waals surface area contributed by atoms with E-state index in [2.05, 4.69) is 4.74 Å². The molecule has 0 aliphatic heterocycles. The molecular formula is C8H7FINO2. The van der Waals surface area contributed by atoms with E-state index in [4.69, 9.17) is 5.73 Å². The molecule has 70 valence electrons. The van der Waals surface area contributed by atoms with Gasteiger partial charge >= 0.3 is 5.97 Å². The van der Waals surface area contributed by atoms with E-state index in [-0.39, 0.29) is 11.3 Å². The first kappa shape index (κ1) is 10.2. The fourth-order valence-electron chi connectivity index (χ4n) is 0.849. The van der Waals surface area contributed by atoms with Gasteiger partial charge in [0.1, 0.15) is 5.82 Å². The number of anilines is 1. The van der Waals surface area contributed by atoms with Gasteiger partial charge in [-0.25, -0.2) is 9.18 Å². The zero-order valence-electron chi connectivity index (χ0n) is 6.80. The first-order chi connectivity index (χ1) is 6.06. The Morgan fingerprint density at radius 3 is 2.77 bits per heavy atom. The van der Waals surface area contributed by atoms with E-state index in [0.717, 1.165) is 6.07 Å². The molecule has 3 nitrogen and oxygen atoms in total. The molecule has 0 heterocycles. The van der Waals surface area contributed by atoms with Crippen molar-refractivity contribution >= 4 is 34.2 Å². The monoisotopic (exact) mass is 295 g/mol. The van der Waals surface area contributed by atoms with Gasteiger partial charge in [-0.3, -0.25) is 0 Å². The van der Waals surface area contributed by atoms with Crippen LogP contribution in [0.1, 0.15) is 10.4 Å². The number of carbonyl (C=O) groups excluding carboxylic acids is 1. The SMILES string of the molecule is COC(=O)c1cc(F)c(I)cc1N. The van der Waals surface area contributed by atoms with Crippen LogP contribution in [-0.4, -0.2) is 13.1 Å². The summed E-state index contributed by atoms with van der Waals surface area (Å²) < 4.78 is 17.8. The van der Waals surface area contributed by atoms with E-state index in [1.807, 2.05) is 0 Å². The molecule has 13 heavy (non-hydrogen) atoms. The second kappa shape index (κ2) is 3.91. The van der Waals surface area contributed by atoms with Crippen LogP contribution in [0.3, 0.4) is 0 Å². The number of esters is 1. The highest BCUT2D eigenvalue weighted by molar-refractivity contribution is 14.1. The van der Waals surface area contributed by atoms with E-state index in [1.54, 1.807) is 22.6 Å². The molecule has 1 aromatic rings. The maximum atomic E-state index is 13.0. The minimum atomic E-state index is -0.632. The summed E-state index contributed by atoms with van der Waals surface area (Å²) in [5.74, 6) is -1.11. The standard InChI is InChI=1S/C8H7FINO2/c1-13-8(12)4-2-5(9)6(10)3-7(4)11/h2-3H,11H2,1H3. The Hall–Kier alpha value is -0.850. The van der Waals surface area contributed by atoms with Crippen LogP contribution in [0.4, 0.5) is 10.1 Å². The molecule has 0 aliphatic carbocycles. The van der Waals surface area contributed by atoms with Gasteiger partial charge in [0.25, 0.3) is 0 Å². The topological polar surface area (TPSA) is 52.3 Å². The smallest absolute Gasteiger partial charge is 0.340 e. The summed E-state index contributed by atoms with van der Waals surface area (Å²) in [4.78, 5) is 11.0. The quantitative estimate of drug-likeness (QED) is 0.488. The fraction of sp³-hybridized carbons (Fsp3) is 0.125. The first-order valence-corrected chi connectivity index (χ1v) is 4.47. The molecule has 0 radical (unpaired) electrons. The molecule has 5 heteroatoms. The van der Waals surface area contributed by atoms with E-state index < -0.39 is 11.8 Å². The van der Waals surface area contributed by atoms with Gasteiger partial charge in [-0.1, -0.05) is 0 Å². The number of carbonyl (C=O) groups is 1. The first-order valence-electron chi connectivity index (χ1n) is 3.39. The second-order valence-corrected chi connectivity index (χ2v) is 3.51. The summed E-state index contributed by atoms with van der Waals surface area (Å²) in [5, 5.41) is 0. The molecule has 0 saturated heterocycles. The molecule has 0 atom stereocenters. The zero-order chi connectivity index (χ0) is 10.0. The van der Waals surface area contributed by atoms with Crippen molar-refractivity contribution in [2.24, 2.45) is 0 Å². The summed E-state index contributed by atoms with van der Waals surface area (Å²) in [5.41, 5.74) is 5.77. The number of nitrogen functional groups attached to an aromatic ring is 1. The van der Waals surface area contributed by atoms with Crippen molar-refractivity contribution < 1.29 is 13.9 Å². The third kappa shape index (κ3) is 2.09. The van der Waals surface area contributed by atoms with Crippen molar-refractivity contribution in [3.05, 3.63) is 27.1 Å². The number of hydrogen-bond donors (Lipinski definition) is 1. The van der Waals surface area contributed by atoms with Crippen LogP contribution < -0.4 is 5.73 Å². The lowest BCUT2D eigenvalue weighted by molar-refractivity contribution is 0.0601. The van der Waals surface area contributed by atoms with Crippen LogP contribution in [0.25, 0.3) is 0 Å². The van der Waals surface area contributed by atoms with E-state index in [9.17, 15) is 9.18 Å². The maximum Gasteiger partial charge on any atom is 0.340 e. The molecule has 0 amide bonds. The van der Waals surface area contributed by atoms with Crippen molar-refractivity contribution in [3.63, 3.8) is 0 Å². The van der Waals surface area contributed by atoms with Crippen molar-refractivity contribution in [3.8, 4) is 0 Å². The average molecular weight is 295 g/mol. The highest BCUT2D eigenvalue weighted by Crippen LogP contribution is 2.20. The van der Waals surface area contributed by atoms with Crippen LogP contribution in [0, 0.1) is 9.39 Å². The predicted molar refractivity (Wildman–Crippen MR) is 54.9 cm³/mol. The normalized spacial score (nSPS) is 9.77. The molecule has 0 aromatic heterocycles. The van der Waals surface area contributed by atoms with Gasteiger partial charge in [-0.15, -0.1) is 0 Å². The predicted octanol–water partition coefficient (Wildman–Crippen LogP) is 1.80. The van der Waals surface area contributed by atoms with Gasteiger partial charge in [0.15, 0.2) is 0 Å². The van der Waals surface area contributed by atoms with Gasteiger partial charge in [0.2, 0.25) is 0 Å². The van der Waals surface area contributed by atoms with E-state index >= 15 is 0 Å². The summed E-state index contributed by atoms with van der Waals surface area (Å²) >= 11 is 1.80.